The van der Waals surface area contributed by atoms with Crippen molar-refractivity contribution < 1.29 is 0 Å². The number of thiol groups is 1. The summed E-state index contributed by atoms with van der Waals surface area (Å²) in [5, 5.41) is 0. The van der Waals surface area contributed by atoms with Crippen molar-refractivity contribution in [2.24, 2.45) is 0 Å². The first-order chi connectivity index (χ1) is 6.77. The number of benzene rings is 2. The minimum Gasteiger partial charge on any atom is -0.143 e. The smallest absolute Gasteiger partial charge is 0.0253 e. The second kappa shape index (κ2) is 4.20. The minimum absolute atomic E-state index is 0.987. The van der Waals surface area contributed by atoms with Crippen molar-refractivity contribution in [2.75, 3.05) is 0 Å². The van der Waals surface area contributed by atoms with Crippen LogP contribution in [-0.2, 0) is 0 Å². The molecule has 0 aliphatic heterocycles. The molecule has 0 nitrogen and oxygen atoms in total. The van der Waals surface area contributed by atoms with Crippen molar-refractivity contribution in [1.82, 2.24) is 0 Å². The molecule has 2 rings (SSSR count). The van der Waals surface area contributed by atoms with Crippen molar-refractivity contribution in [1.29, 1.82) is 0 Å². The molecule has 0 bridgehead atoms. The molecule has 14 heavy (non-hydrogen) atoms. The van der Waals surface area contributed by atoms with Gasteiger partial charge < -0.3 is 0 Å². The number of rotatable bonds is 1. The average Bonchev–Trinajstić information content (AvgIpc) is 2.20. The maximum absolute atomic E-state index is 4.26. The lowest BCUT2D eigenvalue weighted by atomic mass is 10.1. The van der Waals surface area contributed by atoms with Gasteiger partial charge in [0.05, 0.1) is 0 Å². The largest absolute Gasteiger partial charge is 0.143 e. The van der Waals surface area contributed by atoms with Gasteiger partial charge in [0.25, 0.3) is 0 Å². The van der Waals surface area contributed by atoms with Crippen LogP contribution in [0.1, 0.15) is 0 Å². The monoisotopic (exact) mass is 264 g/mol. The second-order valence-electron chi connectivity index (χ2n) is 3.03. The highest BCUT2D eigenvalue weighted by atomic mass is 79.9. The molecule has 0 aliphatic carbocycles. The molecule has 2 heteroatoms. The molecule has 0 saturated carbocycles. The topological polar surface area (TPSA) is 0 Å². The van der Waals surface area contributed by atoms with Gasteiger partial charge in [0, 0.05) is 9.37 Å². The molecule has 0 heterocycles. The van der Waals surface area contributed by atoms with E-state index < -0.39 is 0 Å². The van der Waals surface area contributed by atoms with E-state index in [2.05, 4.69) is 46.8 Å². The highest BCUT2D eigenvalue weighted by Gasteiger charge is 2.00. The lowest BCUT2D eigenvalue weighted by molar-refractivity contribution is 1.46. The summed E-state index contributed by atoms with van der Waals surface area (Å²) in [5.74, 6) is 0. The summed E-state index contributed by atoms with van der Waals surface area (Å²) in [6.45, 7) is 0. The molecule has 0 aliphatic rings. The van der Waals surface area contributed by atoms with Gasteiger partial charge in [-0.25, -0.2) is 0 Å². The highest BCUT2D eigenvalue weighted by molar-refractivity contribution is 9.10. The number of hydrogen-bond donors (Lipinski definition) is 1. The summed E-state index contributed by atoms with van der Waals surface area (Å²) < 4.78 is 1.12. The SMILES string of the molecule is Sc1ccc(-c2ccccc2Br)cc1. The Labute approximate surface area is 97.5 Å². The van der Waals surface area contributed by atoms with E-state index >= 15 is 0 Å². The lowest BCUT2D eigenvalue weighted by Crippen LogP contribution is -1.78. The van der Waals surface area contributed by atoms with E-state index in [-0.39, 0.29) is 0 Å². The Balaban J connectivity index is 2.50. The molecule has 70 valence electrons. The summed E-state index contributed by atoms with van der Waals surface area (Å²) in [7, 11) is 0. The van der Waals surface area contributed by atoms with Crippen LogP contribution in [0.5, 0.6) is 0 Å². The van der Waals surface area contributed by atoms with Crippen LogP contribution in [0.4, 0.5) is 0 Å². The fraction of sp³-hybridized carbons (Fsp3) is 0. The van der Waals surface area contributed by atoms with Crippen LogP contribution >= 0.6 is 28.6 Å². The number of hydrogen-bond acceptors (Lipinski definition) is 1. The van der Waals surface area contributed by atoms with Crippen molar-refractivity contribution in [3.8, 4) is 11.1 Å². The molecule has 2 aromatic carbocycles. The van der Waals surface area contributed by atoms with E-state index in [9.17, 15) is 0 Å². The molecule has 0 unspecified atom stereocenters. The average molecular weight is 265 g/mol. The first-order valence-electron chi connectivity index (χ1n) is 4.31. The second-order valence-corrected chi connectivity index (χ2v) is 4.40. The van der Waals surface area contributed by atoms with Crippen LogP contribution in [0, 0.1) is 0 Å². The van der Waals surface area contributed by atoms with E-state index in [1.807, 2.05) is 30.3 Å². The van der Waals surface area contributed by atoms with E-state index in [0.29, 0.717) is 0 Å². The Morgan fingerprint density at radius 3 is 2.14 bits per heavy atom. The van der Waals surface area contributed by atoms with Crippen molar-refractivity contribution in [3.63, 3.8) is 0 Å². The predicted octanol–water partition coefficient (Wildman–Crippen LogP) is 4.40. The Morgan fingerprint density at radius 1 is 0.857 bits per heavy atom. The van der Waals surface area contributed by atoms with Crippen LogP contribution in [0.25, 0.3) is 11.1 Å². The molecule has 0 atom stereocenters. The summed E-state index contributed by atoms with van der Waals surface area (Å²) in [4.78, 5) is 0.987. The van der Waals surface area contributed by atoms with Gasteiger partial charge in [0.15, 0.2) is 0 Å². The third-order valence-corrected chi connectivity index (χ3v) is 3.04. The third kappa shape index (κ3) is 2.02. The molecular weight excluding hydrogens is 256 g/mol. The van der Waals surface area contributed by atoms with Crippen LogP contribution in [0.2, 0.25) is 0 Å². The summed E-state index contributed by atoms with van der Waals surface area (Å²) in [5.41, 5.74) is 2.41. The molecule has 0 N–H and O–H groups in total. The van der Waals surface area contributed by atoms with Gasteiger partial charge in [0.1, 0.15) is 0 Å². The molecule has 0 fully saturated rings. The van der Waals surface area contributed by atoms with Gasteiger partial charge in [-0.05, 0) is 29.3 Å². The number of halogens is 1. The van der Waals surface area contributed by atoms with Gasteiger partial charge in [-0.3, -0.25) is 0 Å². The molecule has 0 saturated heterocycles. The summed E-state index contributed by atoms with van der Waals surface area (Å²) in [6, 6.07) is 16.3. The van der Waals surface area contributed by atoms with Crippen molar-refractivity contribution in [2.45, 2.75) is 4.90 Å². The zero-order valence-electron chi connectivity index (χ0n) is 7.44. The van der Waals surface area contributed by atoms with E-state index in [4.69, 9.17) is 0 Å². The minimum atomic E-state index is 0.987. The van der Waals surface area contributed by atoms with Crippen molar-refractivity contribution >= 4 is 28.6 Å². The molecule has 0 amide bonds. The molecular formula is C12H9BrS. The first-order valence-corrected chi connectivity index (χ1v) is 5.55. The van der Waals surface area contributed by atoms with Crippen molar-refractivity contribution in [3.05, 3.63) is 53.0 Å². The molecule has 2 aromatic rings. The van der Waals surface area contributed by atoms with Gasteiger partial charge >= 0.3 is 0 Å². The van der Waals surface area contributed by atoms with E-state index in [1.54, 1.807) is 0 Å². The fourth-order valence-corrected chi connectivity index (χ4v) is 2.00. The maximum atomic E-state index is 4.26. The van der Waals surface area contributed by atoms with Crippen LogP contribution in [-0.4, -0.2) is 0 Å². The highest BCUT2D eigenvalue weighted by Crippen LogP contribution is 2.28. The standard InChI is InChI=1S/C12H9BrS/c13-12-4-2-1-3-11(12)9-5-7-10(14)8-6-9/h1-8,14H. The van der Waals surface area contributed by atoms with Gasteiger partial charge in [-0.1, -0.05) is 46.3 Å². The van der Waals surface area contributed by atoms with E-state index in [0.717, 1.165) is 9.37 Å². The van der Waals surface area contributed by atoms with Crippen LogP contribution in [0.15, 0.2) is 57.9 Å². The van der Waals surface area contributed by atoms with Gasteiger partial charge in [-0.15, -0.1) is 12.6 Å². The molecule has 0 radical (unpaired) electrons. The quantitative estimate of drug-likeness (QED) is 0.726. The Hall–Kier alpha value is -0.730. The zero-order chi connectivity index (χ0) is 9.97. The normalized spacial score (nSPS) is 10.1. The fourth-order valence-electron chi connectivity index (χ4n) is 1.34. The zero-order valence-corrected chi connectivity index (χ0v) is 9.92. The summed E-state index contributed by atoms with van der Waals surface area (Å²) in [6.07, 6.45) is 0. The first kappa shape index (κ1) is 9.81. The van der Waals surface area contributed by atoms with E-state index in [1.165, 1.54) is 11.1 Å². The van der Waals surface area contributed by atoms with Crippen LogP contribution < -0.4 is 0 Å². The molecule has 0 aromatic heterocycles. The van der Waals surface area contributed by atoms with Gasteiger partial charge in [-0.2, -0.15) is 0 Å². The van der Waals surface area contributed by atoms with Crippen LogP contribution in [0.3, 0.4) is 0 Å². The predicted molar refractivity (Wildman–Crippen MR) is 66.8 cm³/mol. The summed E-state index contributed by atoms with van der Waals surface area (Å²) >= 11 is 7.79. The third-order valence-electron chi connectivity index (χ3n) is 2.05. The Kier molecular flexibility index (Phi) is 2.94. The van der Waals surface area contributed by atoms with Gasteiger partial charge in [0.2, 0.25) is 0 Å². The lowest BCUT2D eigenvalue weighted by Gasteiger charge is -2.04. The Bertz CT molecular complexity index is 434. The molecule has 0 spiro atoms. The maximum Gasteiger partial charge on any atom is 0.0253 e. The Morgan fingerprint density at radius 2 is 1.50 bits per heavy atom.